The maximum absolute atomic E-state index is 12.9. The second-order valence-corrected chi connectivity index (χ2v) is 5.54. The average Bonchev–Trinajstić information content (AvgIpc) is 2.60. The van der Waals surface area contributed by atoms with Crippen molar-refractivity contribution in [3.63, 3.8) is 0 Å². The van der Waals surface area contributed by atoms with Gasteiger partial charge in [-0.25, -0.2) is 4.79 Å². The Morgan fingerprint density at radius 1 is 0.920 bits per heavy atom. The van der Waals surface area contributed by atoms with Crippen LogP contribution in [-0.2, 0) is 4.79 Å². The number of carbonyl (C=O) groups excluding carboxylic acids is 2. The third kappa shape index (κ3) is 4.07. The first kappa shape index (κ1) is 18.3. The maximum Gasteiger partial charge on any atom is 0.338 e. The standard InChI is InChI=1S/C20H20O5/c1-12(2)20(22)25-18-11-15(24-5)7-9-17(18)19(21)16-8-6-14(23-4)10-13(16)3/h6-11H,1H2,2-5H3. The fourth-order valence-electron chi connectivity index (χ4n) is 2.25. The van der Waals surface area contributed by atoms with E-state index in [1.807, 2.05) is 6.92 Å². The van der Waals surface area contributed by atoms with Crippen LogP contribution in [0.1, 0.15) is 28.4 Å². The lowest BCUT2D eigenvalue weighted by molar-refractivity contribution is -0.130. The van der Waals surface area contributed by atoms with Gasteiger partial charge in [-0.05, 0) is 49.7 Å². The van der Waals surface area contributed by atoms with E-state index in [1.165, 1.54) is 20.1 Å². The van der Waals surface area contributed by atoms with Crippen LogP contribution in [0.4, 0.5) is 0 Å². The van der Waals surface area contributed by atoms with Gasteiger partial charge in [0.2, 0.25) is 0 Å². The number of hydrogen-bond acceptors (Lipinski definition) is 5. The largest absolute Gasteiger partial charge is 0.497 e. The van der Waals surface area contributed by atoms with Gasteiger partial charge in [-0.3, -0.25) is 4.79 Å². The van der Waals surface area contributed by atoms with Gasteiger partial charge in [0.25, 0.3) is 0 Å². The fourth-order valence-corrected chi connectivity index (χ4v) is 2.25. The summed E-state index contributed by atoms with van der Waals surface area (Å²) in [5.74, 6) is 0.416. The highest BCUT2D eigenvalue weighted by atomic mass is 16.5. The zero-order valence-corrected chi connectivity index (χ0v) is 14.7. The van der Waals surface area contributed by atoms with Gasteiger partial charge in [-0.15, -0.1) is 0 Å². The summed E-state index contributed by atoms with van der Waals surface area (Å²) < 4.78 is 15.6. The molecule has 2 aromatic carbocycles. The third-order valence-corrected chi connectivity index (χ3v) is 3.66. The number of hydrogen-bond donors (Lipinski definition) is 0. The van der Waals surface area contributed by atoms with Crippen LogP contribution < -0.4 is 14.2 Å². The Morgan fingerprint density at radius 2 is 1.48 bits per heavy atom. The van der Waals surface area contributed by atoms with Gasteiger partial charge in [-0.2, -0.15) is 0 Å². The molecule has 2 aromatic rings. The molecule has 0 atom stereocenters. The summed E-state index contributed by atoms with van der Waals surface area (Å²) in [4.78, 5) is 24.8. The summed E-state index contributed by atoms with van der Waals surface area (Å²) in [5, 5.41) is 0. The highest BCUT2D eigenvalue weighted by molar-refractivity contribution is 6.12. The van der Waals surface area contributed by atoms with Crippen LogP contribution in [0, 0.1) is 6.92 Å². The quantitative estimate of drug-likeness (QED) is 0.347. The number of esters is 1. The summed E-state index contributed by atoms with van der Waals surface area (Å²) in [5.41, 5.74) is 1.77. The Hall–Kier alpha value is -3.08. The van der Waals surface area contributed by atoms with Crippen molar-refractivity contribution in [3.8, 4) is 17.2 Å². The molecule has 0 amide bonds. The number of ether oxygens (including phenoxy) is 3. The molecule has 0 unspecified atom stereocenters. The van der Waals surface area contributed by atoms with E-state index in [9.17, 15) is 9.59 Å². The lowest BCUT2D eigenvalue weighted by atomic mass is 9.98. The minimum absolute atomic E-state index is 0.132. The zero-order chi connectivity index (χ0) is 18.6. The van der Waals surface area contributed by atoms with Crippen molar-refractivity contribution in [1.82, 2.24) is 0 Å². The van der Waals surface area contributed by atoms with E-state index in [4.69, 9.17) is 14.2 Å². The summed E-state index contributed by atoms with van der Waals surface area (Å²) in [7, 11) is 3.06. The molecule has 0 N–H and O–H groups in total. The van der Waals surface area contributed by atoms with Gasteiger partial charge in [0.05, 0.1) is 19.8 Å². The van der Waals surface area contributed by atoms with E-state index in [0.717, 1.165) is 5.56 Å². The van der Waals surface area contributed by atoms with Crippen molar-refractivity contribution in [2.45, 2.75) is 13.8 Å². The lowest BCUT2D eigenvalue weighted by Crippen LogP contribution is -2.13. The molecule has 2 rings (SSSR count). The number of benzene rings is 2. The zero-order valence-electron chi connectivity index (χ0n) is 14.7. The molecule has 0 aliphatic heterocycles. The first-order valence-corrected chi connectivity index (χ1v) is 7.62. The molecule has 0 saturated heterocycles. The Bertz CT molecular complexity index is 836. The van der Waals surface area contributed by atoms with Crippen molar-refractivity contribution >= 4 is 11.8 Å². The Balaban J connectivity index is 2.48. The molecule has 5 heteroatoms. The minimum atomic E-state index is -0.603. The molecular formula is C20H20O5. The second kappa shape index (κ2) is 7.66. The van der Waals surface area contributed by atoms with E-state index in [-0.39, 0.29) is 22.7 Å². The van der Waals surface area contributed by atoms with Gasteiger partial charge in [0, 0.05) is 17.2 Å². The smallest absolute Gasteiger partial charge is 0.338 e. The van der Waals surface area contributed by atoms with E-state index < -0.39 is 5.97 Å². The number of carbonyl (C=O) groups is 2. The fraction of sp³-hybridized carbons (Fsp3) is 0.200. The van der Waals surface area contributed by atoms with Gasteiger partial charge in [0.1, 0.15) is 17.2 Å². The Kier molecular flexibility index (Phi) is 5.60. The van der Waals surface area contributed by atoms with Crippen molar-refractivity contribution in [1.29, 1.82) is 0 Å². The number of ketones is 1. The summed E-state index contributed by atoms with van der Waals surface area (Å²) in [6.45, 7) is 6.91. The number of aryl methyl sites for hydroxylation is 1. The van der Waals surface area contributed by atoms with Crippen molar-refractivity contribution < 1.29 is 23.8 Å². The summed E-state index contributed by atoms with van der Waals surface area (Å²) in [6, 6.07) is 9.90. The van der Waals surface area contributed by atoms with Crippen LogP contribution in [0.15, 0.2) is 48.6 Å². The van der Waals surface area contributed by atoms with Crippen LogP contribution in [0.5, 0.6) is 17.2 Å². The molecule has 0 fully saturated rings. The average molecular weight is 340 g/mol. The molecule has 5 nitrogen and oxygen atoms in total. The molecule has 130 valence electrons. The van der Waals surface area contributed by atoms with Crippen LogP contribution >= 0.6 is 0 Å². The van der Waals surface area contributed by atoms with E-state index in [2.05, 4.69) is 6.58 Å². The third-order valence-electron chi connectivity index (χ3n) is 3.66. The minimum Gasteiger partial charge on any atom is -0.497 e. The van der Waals surface area contributed by atoms with Crippen LogP contribution in [0.2, 0.25) is 0 Å². The van der Waals surface area contributed by atoms with Gasteiger partial charge >= 0.3 is 5.97 Å². The summed E-state index contributed by atoms with van der Waals surface area (Å²) >= 11 is 0. The molecular weight excluding hydrogens is 320 g/mol. The molecule has 0 bridgehead atoms. The molecule has 0 heterocycles. The molecule has 25 heavy (non-hydrogen) atoms. The Labute approximate surface area is 146 Å². The number of methoxy groups -OCH3 is 2. The molecule has 0 aromatic heterocycles. The normalized spacial score (nSPS) is 10.1. The maximum atomic E-state index is 12.9. The monoisotopic (exact) mass is 340 g/mol. The predicted octanol–water partition coefficient (Wildman–Crippen LogP) is 3.72. The van der Waals surface area contributed by atoms with E-state index >= 15 is 0 Å². The first-order chi connectivity index (χ1) is 11.9. The molecule has 0 spiro atoms. The van der Waals surface area contributed by atoms with Crippen LogP contribution in [0.3, 0.4) is 0 Å². The first-order valence-electron chi connectivity index (χ1n) is 7.62. The lowest BCUT2D eigenvalue weighted by Gasteiger charge is -2.13. The van der Waals surface area contributed by atoms with Gasteiger partial charge < -0.3 is 14.2 Å². The second-order valence-electron chi connectivity index (χ2n) is 5.54. The highest BCUT2D eigenvalue weighted by Gasteiger charge is 2.20. The molecule has 0 aliphatic rings. The molecule has 0 radical (unpaired) electrons. The van der Waals surface area contributed by atoms with Gasteiger partial charge in [0.15, 0.2) is 5.78 Å². The van der Waals surface area contributed by atoms with Crippen molar-refractivity contribution in [3.05, 3.63) is 65.2 Å². The van der Waals surface area contributed by atoms with Gasteiger partial charge in [-0.1, -0.05) is 6.58 Å². The SMILES string of the molecule is C=C(C)C(=O)Oc1cc(OC)ccc1C(=O)c1ccc(OC)cc1C. The van der Waals surface area contributed by atoms with Crippen LogP contribution in [0.25, 0.3) is 0 Å². The Morgan fingerprint density at radius 3 is 2.00 bits per heavy atom. The van der Waals surface area contributed by atoms with Crippen LogP contribution in [-0.4, -0.2) is 26.0 Å². The van der Waals surface area contributed by atoms with E-state index in [1.54, 1.807) is 37.4 Å². The molecule has 0 saturated carbocycles. The topological polar surface area (TPSA) is 61.8 Å². The molecule has 0 aliphatic carbocycles. The predicted molar refractivity (Wildman–Crippen MR) is 94.6 cm³/mol. The van der Waals surface area contributed by atoms with E-state index in [0.29, 0.717) is 17.1 Å². The number of rotatable bonds is 6. The highest BCUT2D eigenvalue weighted by Crippen LogP contribution is 2.29. The van der Waals surface area contributed by atoms with Crippen molar-refractivity contribution in [2.75, 3.05) is 14.2 Å². The summed E-state index contributed by atoms with van der Waals surface area (Å²) in [6.07, 6.45) is 0. The van der Waals surface area contributed by atoms with Crippen molar-refractivity contribution in [2.24, 2.45) is 0 Å².